The Morgan fingerprint density at radius 1 is 1.67 bits per heavy atom. The van der Waals surface area contributed by atoms with Gasteiger partial charge in [0.2, 0.25) is 0 Å². The van der Waals surface area contributed by atoms with Crippen LogP contribution in [-0.2, 0) is 4.74 Å². The number of hydrogen-bond donors (Lipinski definition) is 0. The van der Waals surface area contributed by atoms with Crippen LogP contribution in [0.3, 0.4) is 0 Å². The molecule has 1 fully saturated rings. The summed E-state index contributed by atoms with van der Waals surface area (Å²) in [6.07, 6.45) is 4.46. The Labute approximate surface area is 74.5 Å². The van der Waals surface area contributed by atoms with E-state index in [-0.39, 0.29) is 5.41 Å². The van der Waals surface area contributed by atoms with Gasteiger partial charge in [-0.3, -0.25) is 0 Å². The van der Waals surface area contributed by atoms with Crippen LogP contribution in [0.15, 0.2) is 0 Å². The van der Waals surface area contributed by atoms with E-state index in [9.17, 15) is 0 Å². The van der Waals surface area contributed by atoms with Crippen molar-refractivity contribution in [3.63, 3.8) is 0 Å². The molecule has 1 saturated carbocycles. The molecule has 0 heterocycles. The third-order valence-electron chi connectivity index (χ3n) is 2.95. The molecular weight excluding hydrogens is 150 g/mol. The molecule has 68 valence electrons. The molecule has 0 spiro atoms. The van der Waals surface area contributed by atoms with Crippen molar-refractivity contribution < 1.29 is 4.74 Å². The largest absolute Gasteiger partial charge is 0.383 e. The lowest BCUT2D eigenvalue weighted by molar-refractivity contribution is 0.117. The maximum Gasteiger partial charge on any atom is 0.0809 e. The molecule has 0 amide bonds. The monoisotopic (exact) mass is 167 g/mol. The normalized spacial score (nSPS) is 34.9. The van der Waals surface area contributed by atoms with E-state index in [0.29, 0.717) is 6.61 Å². The average Bonchev–Trinajstić information content (AvgIpc) is 2.50. The number of hydrogen-bond acceptors (Lipinski definition) is 2. The Hall–Kier alpha value is -0.550. The van der Waals surface area contributed by atoms with E-state index in [1.165, 1.54) is 12.8 Å². The first kappa shape index (κ1) is 9.54. The van der Waals surface area contributed by atoms with Gasteiger partial charge in [-0.05, 0) is 25.2 Å². The molecule has 2 unspecified atom stereocenters. The van der Waals surface area contributed by atoms with Crippen LogP contribution in [-0.4, -0.2) is 13.7 Å². The molecule has 0 aromatic heterocycles. The zero-order valence-corrected chi connectivity index (χ0v) is 7.97. The van der Waals surface area contributed by atoms with Crippen LogP contribution in [0.1, 0.15) is 32.6 Å². The molecule has 2 atom stereocenters. The molecule has 2 heteroatoms. The SMILES string of the molecule is CCC1CCC(C#N)(COC)C1. The van der Waals surface area contributed by atoms with Crippen molar-refractivity contribution in [2.45, 2.75) is 32.6 Å². The number of nitriles is 1. The maximum atomic E-state index is 9.03. The highest BCUT2D eigenvalue weighted by molar-refractivity contribution is 5.03. The van der Waals surface area contributed by atoms with Crippen molar-refractivity contribution in [1.82, 2.24) is 0 Å². The van der Waals surface area contributed by atoms with E-state index in [2.05, 4.69) is 13.0 Å². The minimum Gasteiger partial charge on any atom is -0.383 e. The Bertz CT molecular complexity index is 185. The fourth-order valence-corrected chi connectivity index (χ4v) is 2.13. The van der Waals surface area contributed by atoms with Crippen molar-refractivity contribution in [1.29, 1.82) is 5.26 Å². The van der Waals surface area contributed by atoms with Gasteiger partial charge < -0.3 is 4.74 Å². The van der Waals surface area contributed by atoms with Gasteiger partial charge in [0.1, 0.15) is 0 Å². The Balaban J connectivity index is 2.55. The molecule has 0 bridgehead atoms. The zero-order valence-electron chi connectivity index (χ0n) is 7.97. The van der Waals surface area contributed by atoms with Crippen LogP contribution in [0.5, 0.6) is 0 Å². The molecule has 1 rings (SSSR count). The van der Waals surface area contributed by atoms with E-state index < -0.39 is 0 Å². The summed E-state index contributed by atoms with van der Waals surface area (Å²) >= 11 is 0. The molecule has 0 aromatic rings. The number of nitrogens with zero attached hydrogens (tertiary/aromatic N) is 1. The fraction of sp³-hybridized carbons (Fsp3) is 0.900. The van der Waals surface area contributed by atoms with E-state index in [0.717, 1.165) is 18.8 Å². The molecule has 0 saturated heterocycles. The predicted molar refractivity (Wildman–Crippen MR) is 47.6 cm³/mol. The first-order chi connectivity index (χ1) is 5.76. The summed E-state index contributed by atoms with van der Waals surface area (Å²) < 4.78 is 5.09. The van der Waals surface area contributed by atoms with Crippen molar-refractivity contribution in [2.24, 2.45) is 11.3 Å². The second-order valence-corrected chi connectivity index (χ2v) is 3.84. The molecule has 1 aliphatic rings. The van der Waals surface area contributed by atoms with Crippen LogP contribution in [0.2, 0.25) is 0 Å². The molecule has 0 aliphatic heterocycles. The van der Waals surface area contributed by atoms with Gasteiger partial charge in [-0.1, -0.05) is 13.3 Å². The molecular formula is C10H17NO. The highest BCUT2D eigenvalue weighted by atomic mass is 16.5. The van der Waals surface area contributed by atoms with Gasteiger partial charge in [-0.2, -0.15) is 5.26 Å². The van der Waals surface area contributed by atoms with Crippen LogP contribution < -0.4 is 0 Å². The molecule has 0 N–H and O–H groups in total. The second-order valence-electron chi connectivity index (χ2n) is 3.84. The van der Waals surface area contributed by atoms with Gasteiger partial charge >= 0.3 is 0 Å². The molecule has 12 heavy (non-hydrogen) atoms. The van der Waals surface area contributed by atoms with Crippen molar-refractivity contribution in [3.05, 3.63) is 0 Å². The van der Waals surface area contributed by atoms with Crippen molar-refractivity contribution >= 4 is 0 Å². The van der Waals surface area contributed by atoms with Gasteiger partial charge in [-0.15, -0.1) is 0 Å². The lowest BCUT2D eigenvalue weighted by atomic mass is 9.87. The van der Waals surface area contributed by atoms with Gasteiger partial charge in [0, 0.05) is 7.11 Å². The summed E-state index contributed by atoms with van der Waals surface area (Å²) in [5, 5.41) is 9.03. The topological polar surface area (TPSA) is 33.0 Å². The van der Waals surface area contributed by atoms with Crippen molar-refractivity contribution in [2.75, 3.05) is 13.7 Å². The Morgan fingerprint density at radius 3 is 2.83 bits per heavy atom. The summed E-state index contributed by atoms with van der Waals surface area (Å²) in [5.41, 5.74) is -0.157. The highest BCUT2D eigenvalue weighted by Gasteiger charge is 2.38. The third-order valence-corrected chi connectivity index (χ3v) is 2.95. The van der Waals surface area contributed by atoms with E-state index in [1.807, 2.05) is 0 Å². The van der Waals surface area contributed by atoms with Crippen molar-refractivity contribution in [3.8, 4) is 6.07 Å². The van der Waals surface area contributed by atoms with Gasteiger partial charge in [-0.25, -0.2) is 0 Å². The summed E-state index contributed by atoms with van der Waals surface area (Å²) in [5.74, 6) is 0.750. The first-order valence-corrected chi connectivity index (χ1v) is 4.66. The minimum atomic E-state index is -0.157. The smallest absolute Gasteiger partial charge is 0.0809 e. The van der Waals surface area contributed by atoms with Gasteiger partial charge in [0.25, 0.3) is 0 Å². The fourth-order valence-electron chi connectivity index (χ4n) is 2.13. The maximum absolute atomic E-state index is 9.03. The lowest BCUT2D eigenvalue weighted by Crippen LogP contribution is -2.20. The van der Waals surface area contributed by atoms with E-state index in [4.69, 9.17) is 10.00 Å². The molecule has 2 nitrogen and oxygen atoms in total. The summed E-state index contributed by atoms with van der Waals surface area (Å²) in [4.78, 5) is 0. The van der Waals surface area contributed by atoms with Crippen LogP contribution in [0.25, 0.3) is 0 Å². The number of methoxy groups -OCH3 is 1. The van der Waals surface area contributed by atoms with E-state index >= 15 is 0 Å². The van der Waals surface area contributed by atoms with Crippen LogP contribution in [0.4, 0.5) is 0 Å². The first-order valence-electron chi connectivity index (χ1n) is 4.66. The number of rotatable bonds is 3. The zero-order chi connectivity index (χ0) is 9.03. The highest BCUT2D eigenvalue weighted by Crippen LogP contribution is 2.42. The molecule has 1 aliphatic carbocycles. The molecule has 0 aromatic carbocycles. The third kappa shape index (κ3) is 1.78. The standard InChI is InChI=1S/C10H17NO/c1-3-9-4-5-10(6-9,7-11)8-12-2/h9H,3-6,8H2,1-2H3. The Morgan fingerprint density at radius 2 is 2.42 bits per heavy atom. The summed E-state index contributed by atoms with van der Waals surface area (Å²) in [6.45, 7) is 2.81. The number of ether oxygens (including phenoxy) is 1. The van der Waals surface area contributed by atoms with Crippen LogP contribution >= 0.6 is 0 Å². The summed E-state index contributed by atoms with van der Waals surface area (Å²) in [7, 11) is 1.68. The quantitative estimate of drug-likeness (QED) is 0.646. The van der Waals surface area contributed by atoms with E-state index in [1.54, 1.807) is 7.11 Å². The average molecular weight is 167 g/mol. The minimum absolute atomic E-state index is 0.157. The summed E-state index contributed by atoms with van der Waals surface area (Å²) in [6, 6.07) is 2.42. The second kappa shape index (κ2) is 3.91. The van der Waals surface area contributed by atoms with Crippen LogP contribution in [0, 0.1) is 22.7 Å². The lowest BCUT2D eigenvalue weighted by Gasteiger charge is -2.19. The Kier molecular flexibility index (Phi) is 3.11. The predicted octanol–water partition coefficient (Wildman–Crippen LogP) is 2.35. The molecule has 0 radical (unpaired) electrons. The van der Waals surface area contributed by atoms with Gasteiger partial charge in [0.05, 0.1) is 18.1 Å². The van der Waals surface area contributed by atoms with Gasteiger partial charge in [0.15, 0.2) is 0 Å².